The number of nitrogens with one attached hydrogen (secondary N) is 1. The highest BCUT2D eigenvalue weighted by Gasteiger charge is 2.32. The molecule has 1 aliphatic heterocycles. The van der Waals surface area contributed by atoms with E-state index in [-0.39, 0.29) is 0 Å². The fourth-order valence-corrected chi connectivity index (χ4v) is 5.41. The quantitative estimate of drug-likeness (QED) is 0.339. The Hall–Kier alpha value is -4.24. The van der Waals surface area contributed by atoms with Gasteiger partial charge in [-0.2, -0.15) is 4.98 Å². The van der Waals surface area contributed by atoms with Gasteiger partial charge in [-0.25, -0.2) is 4.98 Å². The number of nitrogens with zero attached hydrogens (tertiary/aromatic N) is 7. The molecule has 37 heavy (non-hydrogen) atoms. The first kappa shape index (κ1) is 20.9. The summed E-state index contributed by atoms with van der Waals surface area (Å²) in [7, 11) is 0. The van der Waals surface area contributed by atoms with Gasteiger partial charge in [0.25, 0.3) is 0 Å². The molecule has 4 aromatic heterocycles. The van der Waals surface area contributed by atoms with E-state index in [0.717, 1.165) is 47.0 Å². The average Bonchev–Trinajstić information content (AvgIpc) is 3.20. The highest BCUT2D eigenvalue weighted by molar-refractivity contribution is 6.31. The molecular weight excluding hydrogens is 488 g/mol. The molecule has 1 N–H and O–H groups in total. The molecule has 8 rings (SSSR count). The van der Waals surface area contributed by atoms with Gasteiger partial charge in [0, 0.05) is 40.0 Å². The number of aromatic amines is 1. The van der Waals surface area contributed by atoms with Crippen LogP contribution in [-0.2, 0) is 13.0 Å². The Bertz CT molecular complexity index is 1840. The third-order valence-corrected chi connectivity index (χ3v) is 7.55. The van der Waals surface area contributed by atoms with Crippen molar-refractivity contribution in [1.29, 1.82) is 0 Å². The highest BCUT2D eigenvalue weighted by atomic mass is 35.5. The second kappa shape index (κ2) is 7.63. The van der Waals surface area contributed by atoms with E-state index in [2.05, 4.69) is 65.8 Å². The minimum Gasteiger partial charge on any atom is -0.361 e. The first-order valence-electron chi connectivity index (χ1n) is 12.3. The van der Waals surface area contributed by atoms with E-state index in [0.29, 0.717) is 41.3 Å². The molecule has 0 unspecified atom stereocenters. The van der Waals surface area contributed by atoms with E-state index in [4.69, 9.17) is 21.1 Å². The Morgan fingerprint density at radius 2 is 2.05 bits per heavy atom. The molecule has 0 amide bonds. The summed E-state index contributed by atoms with van der Waals surface area (Å²) in [5, 5.41) is 15.4. The van der Waals surface area contributed by atoms with Gasteiger partial charge in [0.1, 0.15) is 17.8 Å². The fourth-order valence-electron chi connectivity index (χ4n) is 5.23. The van der Waals surface area contributed by atoms with Crippen molar-refractivity contribution in [3.05, 3.63) is 82.5 Å². The lowest BCUT2D eigenvalue weighted by molar-refractivity contribution is 0.380. The van der Waals surface area contributed by atoms with Crippen LogP contribution in [0.4, 0.5) is 0 Å². The lowest BCUT2D eigenvalue weighted by Crippen LogP contribution is -2.09. The van der Waals surface area contributed by atoms with E-state index in [1.165, 1.54) is 16.5 Å². The molecule has 6 aromatic rings. The van der Waals surface area contributed by atoms with Crippen molar-refractivity contribution in [1.82, 2.24) is 39.4 Å². The van der Waals surface area contributed by atoms with Crippen LogP contribution in [-0.4, -0.2) is 39.4 Å². The first-order chi connectivity index (χ1) is 18.1. The fraction of sp³-hybridized carbons (Fsp3) is 0.222. The Kier molecular flexibility index (Phi) is 4.31. The minimum absolute atomic E-state index is 0.376. The first-order valence-corrected chi connectivity index (χ1v) is 12.7. The predicted molar refractivity (Wildman–Crippen MR) is 138 cm³/mol. The molecule has 10 heteroatoms. The zero-order valence-electron chi connectivity index (χ0n) is 19.9. The van der Waals surface area contributed by atoms with Crippen molar-refractivity contribution >= 4 is 22.5 Å². The smallest absolute Gasteiger partial charge is 0.230 e. The molecule has 0 spiro atoms. The van der Waals surface area contributed by atoms with Gasteiger partial charge >= 0.3 is 0 Å². The number of H-pyrrole nitrogens is 1. The average molecular weight is 509 g/mol. The Morgan fingerprint density at radius 1 is 1.14 bits per heavy atom. The summed E-state index contributed by atoms with van der Waals surface area (Å²) in [5.74, 6) is 3.20. The number of hydrogen-bond acceptors (Lipinski definition) is 6. The van der Waals surface area contributed by atoms with Gasteiger partial charge in [-0.05, 0) is 55.7 Å². The van der Waals surface area contributed by atoms with Crippen LogP contribution in [0.1, 0.15) is 47.3 Å². The van der Waals surface area contributed by atoms with Crippen LogP contribution >= 0.6 is 11.6 Å². The van der Waals surface area contributed by atoms with Crippen molar-refractivity contribution in [2.75, 3.05) is 0 Å². The summed E-state index contributed by atoms with van der Waals surface area (Å²) in [5.41, 5.74) is 6.98. The molecule has 0 saturated heterocycles. The summed E-state index contributed by atoms with van der Waals surface area (Å²) in [6, 6.07) is 12.2. The van der Waals surface area contributed by atoms with E-state index >= 15 is 0 Å². The van der Waals surface area contributed by atoms with Crippen molar-refractivity contribution in [2.45, 2.75) is 38.6 Å². The van der Waals surface area contributed by atoms with Crippen molar-refractivity contribution in [2.24, 2.45) is 0 Å². The number of hydrogen-bond donors (Lipinski definition) is 1. The third kappa shape index (κ3) is 3.27. The molecule has 1 saturated carbocycles. The number of aryl methyl sites for hydroxylation is 1. The molecule has 0 bridgehead atoms. The van der Waals surface area contributed by atoms with Crippen LogP contribution in [0.5, 0.6) is 0 Å². The van der Waals surface area contributed by atoms with Gasteiger partial charge in [0.2, 0.25) is 11.7 Å². The van der Waals surface area contributed by atoms with Crippen LogP contribution in [0.15, 0.2) is 53.4 Å². The van der Waals surface area contributed by atoms with E-state index < -0.39 is 0 Å². The third-order valence-electron chi connectivity index (χ3n) is 7.31. The molecule has 2 aliphatic rings. The molecule has 2 aromatic carbocycles. The summed E-state index contributed by atoms with van der Waals surface area (Å²) in [6.07, 6.45) is 6.69. The van der Waals surface area contributed by atoms with Crippen molar-refractivity contribution in [3.63, 3.8) is 0 Å². The number of halogens is 1. The second-order valence-electron chi connectivity index (χ2n) is 9.87. The number of benzene rings is 2. The number of fused-ring (bicyclic) bond motifs is 6. The monoisotopic (exact) mass is 508 g/mol. The number of rotatable bonds is 4. The maximum atomic E-state index is 6.45. The summed E-state index contributed by atoms with van der Waals surface area (Å²) < 4.78 is 9.78. The Labute approximate surface area is 216 Å². The van der Waals surface area contributed by atoms with Crippen LogP contribution < -0.4 is 0 Å². The molecule has 0 atom stereocenters. The summed E-state index contributed by atoms with van der Waals surface area (Å²) in [6.45, 7) is 2.61. The van der Waals surface area contributed by atoms with Gasteiger partial charge in [0.05, 0.1) is 17.9 Å². The zero-order valence-corrected chi connectivity index (χ0v) is 20.7. The van der Waals surface area contributed by atoms with Gasteiger partial charge in [-0.3, -0.25) is 4.57 Å². The SMILES string of the molecule is Cc1ccc2[nH]cc(Cc3nnc4n3Cc3c(-c5noc(C6CC6)n5)ncn3-c3ccc(Cl)cc3-4)c2c1. The Balaban J connectivity index is 1.29. The van der Waals surface area contributed by atoms with Crippen LogP contribution in [0.25, 0.3) is 39.5 Å². The van der Waals surface area contributed by atoms with Crippen LogP contribution in [0.2, 0.25) is 5.02 Å². The number of aromatic nitrogens is 8. The summed E-state index contributed by atoms with van der Waals surface area (Å²) in [4.78, 5) is 12.8. The van der Waals surface area contributed by atoms with Gasteiger partial charge in [-0.1, -0.05) is 28.4 Å². The molecule has 9 nitrogen and oxygen atoms in total. The molecule has 1 aliphatic carbocycles. The second-order valence-corrected chi connectivity index (χ2v) is 10.3. The molecule has 182 valence electrons. The van der Waals surface area contributed by atoms with E-state index in [1.54, 1.807) is 0 Å². The number of imidazole rings is 1. The predicted octanol–water partition coefficient (Wildman–Crippen LogP) is 5.45. The molecule has 1 fully saturated rings. The zero-order chi connectivity index (χ0) is 24.7. The van der Waals surface area contributed by atoms with Gasteiger partial charge in [-0.15, -0.1) is 10.2 Å². The lowest BCUT2D eigenvalue weighted by atomic mass is 10.1. The maximum Gasteiger partial charge on any atom is 0.230 e. The van der Waals surface area contributed by atoms with Crippen LogP contribution in [0.3, 0.4) is 0 Å². The highest BCUT2D eigenvalue weighted by Crippen LogP contribution is 2.40. The minimum atomic E-state index is 0.376. The van der Waals surface area contributed by atoms with Crippen LogP contribution in [0, 0.1) is 6.92 Å². The van der Waals surface area contributed by atoms with Gasteiger partial charge < -0.3 is 14.1 Å². The topological polar surface area (TPSA) is 103 Å². The maximum absolute atomic E-state index is 6.45. The Morgan fingerprint density at radius 3 is 2.95 bits per heavy atom. The van der Waals surface area contributed by atoms with Gasteiger partial charge in [0.15, 0.2) is 5.82 Å². The van der Waals surface area contributed by atoms with Crippen molar-refractivity contribution in [3.8, 4) is 28.6 Å². The summed E-state index contributed by atoms with van der Waals surface area (Å²) >= 11 is 6.45. The van der Waals surface area contributed by atoms with E-state index in [1.807, 2.05) is 24.5 Å². The normalized spacial score (nSPS) is 14.4. The largest absolute Gasteiger partial charge is 0.361 e. The molecule has 0 radical (unpaired) electrons. The lowest BCUT2D eigenvalue weighted by Gasteiger charge is -2.09. The molecule has 5 heterocycles. The molecular formula is C27H21ClN8O. The van der Waals surface area contributed by atoms with Crippen molar-refractivity contribution < 1.29 is 4.52 Å². The standard InChI is InChI=1S/C27H21ClN8O/c1-14-2-6-20-18(8-14)16(11-29-20)9-23-32-33-26-19-10-17(28)5-7-21(19)36-13-30-24(22(36)12-35(23)26)25-31-27(37-34-25)15-3-4-15/h2,5-8,10-11,13,15,29H,3-4,9,12H2,1H3. The van der Waals surface area contributed by atoms with E-state index in [9.17, 15) is 0 Å².